The first-order valence-corrected chi connectivity index (χ1v) is 7.53. The summed E-state index contributed by atoms with van der Waals surface area (Å²) in [4.78, 5) is 13.7. The number of rotatable bonds is 3. The number of amides is 2. The molecular formula is C13H15F3N2O2S. The Hall–Kier alpha value is -1.57. The summed E-state index contributed by atoms with van der Waals surface area (Å²) < 4.78 is 40.9. The molecule has 0 aromatic heterocycles. The normalized spacial score (nSPS) is 15.7. The van der Waals surface area contributed by atoms with Gasteiger partial charge in [-0.25, -0.2) is 4.79 Å². The number of anilines is 1. The summed E-state index contributed by atoms with van der Waals surface area (Å²) in [6, 6.07) is 5.69. The van der Waals surface area contributed by atoms with E-state index in [2.05, 4.69) is 10.1 Å². The van der Waals surface area contributed by atoms with Crippen molar-refractivity contribution in [3.63, 3.8) is 0 Å². The van der Waals surface area contributed by atoms with E-state index in [1.54, 1.807) is 22.7 Å². The van der Waals surface area contributed by atoms with Gasteiger partial charge in [-0.15, -0.1) is 0 Å². The van der Waals surface area contributed by atoms with Crippen LogP contribution in [0.25, 0.3) is 0 Å². The van der Waals surface area contributed by atoms with Gasteiger partial charge in [0, 0.05) is 36.3 Å². The number of benzene rings is 1. The lowest BCUT2D eigenvalue weighted by Crippen LogP contribution is -2.40. The SMILES string of the molecule is O=C(Nc1cccc(OCC(F)(F)F)c1)N1CCSCC1. The number of carbonyl (C=O) groups is 1. The van der Waals surface area contributed by atoms with E-state index in [4.69, 9.17) is 0 Å². The molecule has 2 rings (SSSR count). The van der Waals surface area contributed by atoms with Crippen molar-refractivity contribution in [2.45, 2.75) is 6.18 Å². The van der Waals surface area contributed by atoms with E-state index in [9.17, 15) is 18.0 Å². The third-order valence-corrected chi connectivity index (χ3v) is 3.73. The molecule has 1 fully saturated rings. The second kappa shape index (κ2) is 6.93. The highest BCUT2D eigenvalue weighted by Gasteiger charge is 2.28. The van der Waals surface area contributed by atoms with Crippen LogP contribution in [0.5, 0.6) is 5.75 Å². The molecule has 0 atom stereocenters. The third-order valence-electron chi connectivity index (χ3n) is 2.79. The zero-order valence-corrected chi connectivity index (χ0v) is 12.0. The van der Waals surface area contributed by atoms with Crippen molar-refractivity contribution in [3.05, 3.63) is 24.3 Å². The predicted octanol–water partition coefficient (Wildman–Crippen LogP) is 3.21. The van der Waals surface area contributed by atoms with Crippen LogP contribution in [0.4, 0.5) is 23.7 Å². The molecule has 0 bridgehead atoms. The summed E-state index contributed by atoms with van der Waals surface area (Å²) >= 11 is 1.79. The number of halogens is 3. The molecule has 1 saturated heterocycles. The van der Waals surface area contributed by atoms with Gasteiger partial charge in [-0.1, -0.05) is 6.07 Å². The first-order valence-electron chi connectivity index (χ1n) is 6.37. The van der Waals surface area contributed by atoms with Crippen molar-refractivity contribution in [3.8, 4) is 5.75 Å². The number of urea groups is 1. The van der Waals surface area contributed by atoms with Crippen LogP contribution >= 0.6 is 11.8 Å². The molecule has 8 heteroatoms. The van der Waals surface area contributed by atoms with Gasteiger partial charge >= 0.3 is 12.2 Å². The zero-order valence-electron chi connectivity index (χ0n) is 11.2. The van der Waals surface area contributed by atoms with Crippen LogP contribution in [-0.4, -0.2) is 48.3 Å². The molecule has 0 aliphatic carbocycles. The summed E-state index contributed by atoms with van der Waals surface area (Å²) in [5.74, 6) is 1.85. The molecule has 116 valence electrons. The second-order valence-electron chi connectivity index (χ2n) is 4.46. The van der Waals surface area contributed by atoms with Crippen molar-refractivity contribution in [1.82, 2.24) is 4.90 Å². The summed E-state index contributed by atoms with van der Waals surface area (Å²) in [7, 11) is 0. The van der Waals surface area contributed by atoms with Crippen LogP contribution in [-0.2, 0) is 0 Å². The first kappa shape index (κ1) is 15.8. The van der Waals surface area contributed by atoms with E-state index in [1.165, 1.54) is 18.2 Å². The third kappa shape index (κ3) is 5.37. The van der Waals surface area contributed by atoms with Crippen LogP contribution in [0.2, 0.25) is 0 Å². The molecule has 1 aliphatic rings. The number of thioether (sulfide) groups is 1. The van der Waals surface area contributed by atoms with Gasteiger partial charge in [0.25, 0.3) is 0 Å². The highest BCUT2D eigenvalue weighted by Crippen LogP contribution is 2.21. The Balaban J connectivity index is 1.92. The Morgan fingerprint density at radius 2 is 2.05 bits per heavy atom. The molecule has 1 aromatic carbocycles. The van der Waals surface area contributed by atoms with Crippen molar-refractivity contribution in [1.29, 1.82) is 0 Å². The zero-order chi connectivity index (χ0) is 15.3. The first-order chi connectivity index (χ1) is 9.94. The molecule has 0 unspecified atom stereocenters. The largest absolute Gasteiger partial charge is 0.484 e. The van der Waals surface area contributed by atoms with E-state index >= 15 is 0 Å². The highest BCUT2D eigenvalue weighted by molar-refractivity contribution is 7.99. The van der Waals surface area contributed by atoms with E-state index < -0.39 is 12.8 Å². The maximum atomic E-state index is 12.1. The molecule has 1 heterocycles. The number of hydrogen-bond acceptors (Lipinski definition) is 3. The van der Waals surface area contributed by atoms with Crippen molar-refractivity contribution < 1.29 is 22.7 Å². The Labute approximate surface area is 124 Å². The molecule has 2 amide bonds. The minimum absolute atomic E-state index is 0.0688. The second-order valence-corrected chi connectivity index (χ2v) is 5.69. The van der Waals surface area contributed by atoms with E-state index in [-0.39, 0.29) is 11.8 Å². The number of carbonyl (C=O) groups excluding carboxylic acids is 1. The van der Waals surface area contributed by atoms with Gasteiger partial charge in [-0.2, -0.15) is 24.9 Å². The van der Waals surface area contributed by atoms with Gasteiger partial charge in [0.1, 0.15) is 5.75 Å². The molecule has 0 saturated carbocycles. The van der Waals surface area contributed by atoms with Crippen LogP contribution in [0.15, 0.2) is 24.3 Å². The highest BCUT2D eigenvalue weighted by atomic mass is 32.2. The lowest BCUT2D eigenvalue weighted by Gasteiger charge is -2.26. The molecule has 1 aromatic rings. The van der Waals surface area contributed by atoms with Gasteiger partial charge < -0.3 is 15.0 Å². The molecule has 0 radical (unpaired) electrons. The van der Waals surface area contributed by atoms with Gasteiger partial charge in [0.05, 0.1) is 0 Å². The van der Waals surface area contributed by atoms with Gasteiger partial charge in [0.2, 0.25) is 0 Å². The molecule has 4 nitrogen and oxygen atoms in total. The number of nitrogens with zero attached hydrogens (tertiary/aromatic N) is 1. The Bertz CT molecular complexity index is 491. The van der Waals surface area contributed by atoms with Gasteiger partial charge in [-0.3, -0.25) is 0 Å². The van der Waals surface area contributed by atoms with Crippen molar-refractivity contribution in [2.75, 3.05) is 36.5 Å². The summed E-state index contributed by atoms with van der Waals surface area (Å²) in [5.41, 5.74) is 0.415. The number of nitrogens with one attached hydrogen (secondary N) is 1. The van der Waals surface area contributed by atoms with Gasteiger partial charge in [0.15, 0.2) is 6.61 Å². The Morgan fingerprint density at radius 3 is 2.71 bits per heavy atom. The van der Waals surface area contributed by atoms with Gasteiger partial charge in [-0.05, 0) is 12.1 Å². The van der Waals surface area contributed by atoms with Crippen LogP contribution in [0, 0.1) is 0 Å². The summed E-state index contributed by atoms with van der Waals surface area (Å²) in [5, 5.41) is 2.67. The maximum Gasteiger partial charge on any atom is 0.422 e. The fourth-order valence-corrected chi connectivity index (χ4v) is 2.70. The van der Waals surface area contributed by atoms with Crippen LogP contribution in [0.1, 0.15) is 0 Å². The Morgan fingerprint density at radius 1 is 1.33 bits per heavy atom. The van der Waals surface area contributed by atoms with E-state index in [1.807, 2.05) is 0 Å². The van der Waals surface area contributed by atoms with Crippen LogP contribution < -0.4 is 10.1 Å². The molecule has 21 heavy (non-hydrogen) atoms. The van der Waals surface area contributed by atoms with Crippen molar-refractivity contribution in [2.24, 2.45) is 0 Å². The number of ether oxygens (including phenoxy) is 1. The monoisotopic (exact) mass is 320 g/mol. The molecular weight excluding hydrogens is 305 g/mol. The average Bonchev–Trinajstić information content (AvgIpc) is 2.46. The fourth-order valence-electron chi connectivity index (χ4n) is 1.80. The minimum Gasteiger partial charge on any atom is -0.484 e. The summed E-state index contributed by atoms with van der Waals surface area (Å²) in [6.45, 7) is -0.0186. The average molecular weight is 320 g/mol. The maximum absolute atomic E-state index is 12.1. The van der Waals surface area contributed by atoms with E-state index in [0.717, 1.165) is 11.5 Å². The van der Waals surface area contributed by atoms with E-state index in [0.29, 0.717) is 18.8 Å². The topological polar surface area (TPSA) is 41.6 Å². The lowest BCUT2D eigenvalue weighted by atomic mass is 10.3. The quantitative estimate of drug-likeness (QED) is 0.930. The lowest BCUT2D eigenvalue weighted by molar-refractivity contribution is -0.153. The summed E-state index contributed by atoms with van der Waals surface area (Å²) in [6.07, 6.45) is -4.38. The molecule has 0 spiro atoms. The Kier molecular flexibility index (Phi) is 5.22. The number of hydrogen-bond donors (Lipinski definition) is 1. The fraction of sp³-hybridized carbons (Fsp3) is 0.462. The minimum atomic E-state index is -4.38. The van der Waals surface area contributed by atoms with Crippen molar-refractivity contribution >= 4 is 23.5 Å². The predicted molar refractivity (Wildman–Crippen MR) is 75.9 cm³/mol. The molecule has 1 N–H and O–H groups in total. The van der Waals surface area contributed by atoms with Crippen LogP contribution in [0.3, 0.4) is 0 Å². The smallest absolute Gasteiger partial charge is 0.422 e. The standard InChI is InChI=1S/C13H15F3N2O2S/c14-13(15,16)9-20-11-3-1-2-10(8-11)17-12(19)18-4-6-21-7-5-18/h1-3,8H,4-7,9H2,(H,17,19). The number of alkyl halides is 3. The molecule has 1 aliphatic heterocycles.